The van der Waals surface area contributed by atoms with Crippen LogP contribution in [0.15, 0.2) is 24.3 Å². The molecule has 1 aromatic rings. The van der Waals surface area contributed by atoms with E-state index >= 15 is 0 Å². The normalized spacial score (nSPS) is 12.8. The Bertz CT molecular complexity index is 248. The maximum atomic E-state index is 9.11. The van der Waals surface area contributed by atoms with Crippen LogP contribution in [0.2, 0.25) is 0 Å². The molecule has 0 amide bonds. The van der Waals surface area contributed by atoms with Crippen LogP contribution in [0.5, 0.6) is 0 Å². The molecule has 1 N–H and O–H groups in total. The Morgan fingerprint density at radius 3 is 2.21 bits per heavy atom. The topological polar surface area (TPSA) is 20.2 Å². The Hall–Kier alpha value is -0.820. The first-order valence-corrected chi connectivity index (χ1v) is 5.48. The van der Waals surface area contributed by atoms with Crippen molar-refractivity contribution in [2.24, 2.45) is 0 Å². The number of rotatable bonds is 5. The van der Waals surface area contributed by atoms with E-state index in [0.29, 0.717) is 0 Å². The van der Waals surface area contributed by atoms with Crippen molar-refractivity contribution >= 4 is 0 Å². The van der Waals surface area contributed by atoms with E-state index in [2.05, 4.69) is 31.2 Å². The Morgan fingerprint density at radius 2 is 1.71 bits per heavy atom. The van der Waals surface area contributed by atoms with Gasteiger partial charge in [-0.15, -0.1) is 0 Å². The van der Waals surface area contributed by atoms with Crippen molar-refractivity contribution in [3.8, 4) is 0 Å². The number of aryl methyl sites for hydroxylation is 2. The van der Waals surface area contributed by atoms with Crippen molar-refractivity contribution in [1.29, 1.82) is 0 Å². The van der Waals surface area contributed by atoms with Gasteiger partial charge in [-0.3, -0.25) is 0 Å². The van der Waals surface area contributed by atoms with Crippen molar-refractivity contribution < 1.29 is 5.11 Å². The summed E-state index contributed by atoms with van der Waals surface area (Å²) >= 11 is 0. The maximum Gasteiger partial charge on any atom is 0.0512 e. The van der Waals surface area contributed by atoms with Crippen LogP contribution in [-0.2, 0) is 12.8 Å². The Morgan fingerprint density at radius 1 is 1.14 bits per heavy atom. The summed E-state index contributed by atoms with van der Waals surface area (Å²) < 4.78 is 0. The van der Waals surface area contributed by atoms with Crippen LogP contribution >= 0.6 is 0 Å². The van der Waals surface area contributed by atoms with Crippen LogP contribution in [0, 0.1) is 0 Å². The van der Waals surface area contributed by atoms with E-state index in [1.807, 2.05) is 6.92 Å². The summed E-state index contributed by atoms with van der Waals surface area (Å²) in [5.41, 5.74) is 2.77. The standard InChI is InChI=1S/C13H20O/c1-3-12-7-9-13(10-8-12)6-4-5-11(2)14/h7-11,14H,3-6H2,1-2H3. The second kappa shape index (κ2) is 5.82. The average Bonchev–Trinajstić information content (AvgIpc) is 2.18. The molecular weight excluding hydrogens is 172 g/mol. The number of hydrogen-bond acceptors (Lipinski definition) is 1. The molecule has 1 unspecified atom stereocenters. The minimum atomic E-state index is -0.162. The van der Waals surface area contributed by atoms with E-state index in [9.17, 15) is 0 Å². The van der Waals surface area contributed by atoms with E-state index in [1.165, 1.54) is 11.1 Å². The predicted molar refractivity (Wildman–Crippen MR) is 60.4 cm³/mol. The van der Waals surface area contributed by atoms with E-state index in [0.717, 1.165) is 25.7 Å². The van der Waals surface area contributed by atoms with Gasteiger partial charge in [0.05, 0.1) is 6.10 Å². The first-order chi connectivity index (χ1) is 6.72. The summed E-state index contributed by atoms with van der Waals surface area (Å²) in [6, 6.07) is 8.77. The van der Waals surface area contributed by atoms with E-state index in [1.54, 1.807) is 0 Å². The summed E-state index contributed by atoms with van der Waals surface area (Å²) in [7, 11) is 0. The number of aliphatic hydroxyl groups excluding tert-OH is 1. The fourth-order valence-corrected chi connectivity index (χ4v) is 1.54. The van der Waals surface area contributed by atoms with Gasteiger partial charge < -0.3 is 5.11 Å². The van der Waals surface area contributed by atoms with Gasteiger partial charge in [0.2, 0.25) is 0 Å². The van der Waals surface area contributed by atoms with Gasteiger partial charge in [0.25, 0.3) is 0 Å². The van der Waals surface area contributed by atoms with Crippen molar-refractivity contribution in [1.82, 2.24) is 0 Å². The van der Waals surface area contributed by atoms with Gasteiger partial charge in [0.15, 0.2) is 0 Å². The molecular formula is C13H20O. The molecule has 0 heterocycles. The van der Waals surface area contributed by atoms with E-state index < -0.39 is 0 Å². The molecule has 1 aromatic carbocycles. The van der Waals surface area contributed by atoms with Crippen molar-refractivity contribution in [2.75, 3.05) is 0 Å². The number of aliphatic hydroxyl groups is 1. The van der Waals surface area contributed by atoms with Gasteiger partial charge in [-0.2, -0.15) is 0 Å². The zero-order valence-corrected chi connectivity index (χ0v) is 9.16. The fourth-order valence-electron chi connectivity index (χ4n) is 1.54. The maximum absolute atomic E-state index is 9.11. The fraction of sp³-hybridized carbons (Fsp3) is 0.538. The van der Waals surface area contributed by atoms with Crippen LogP contribution in [0.4, 0.5) is 0 Å². The molecule has 0 radical (unpaired) electrons. The molecule has 0 fully saturated rings. The molecule has 0 aromatic heterocycles. The zero-order valence-electron chi connectivity index (χ0n) is 9.16. The second-order valence-electron chi connectivity index (χ2n) is 3.91. The van der Waals surface area contributed by atoms with Crippen molar-refractivity contribution in [3.63, 3.8) is 0 Å². The lowest BCUT2D eigenvalue weighted by molar-refractivity contribution is 0.182. The minimum Gasteiger partial charge on any atom is -0.393 e. The molecule has 1 atom stereocenters. The van der Waals surface area contributed by atoms with Crippen LogP contribution in [-0.4, -0.2) is 11.2 Å². The third-order valence-corrected chi connectivity index (χ3v) is 2.52. The van der Waals surface area contributed by atoms with Gasteiger partial charge in [0, 0.05) is 0 Å². The molecule has 0 bridgehead atoms. The Labute approximate surface area is 86.8 Å². The molecule has 1 heteroatoms. The summed E-state index contributed by atoms with van der Waals surface area (Å²) in [4.78, 5) is 0. The highest BCUT2D eigenvalue weighted by Gasteiger charge is 1.97. The highest BCUT2D eigenvalue weighted by molar-refractivity contribution is 5.22. The molecule has 0 saturated carbocycles. The Kier molecular flexibility index (Phi) is 4.68. The summed E-state index contributed by atoms with van der Waals surface area (Å²) in [5.74, 6) is 0. The average molecular weight is 192 g/mol. The van der Waals surface area contributed by atoms with Gasteiger partial charge >= 0.3 is 0 Å². The summed E-state index contributed by atoms with van der Waals surface area (Å²) in [5, 5.41) is 9.11. The molecule has 0 aliphatic heterocycles. The van der Waals surface area contributed by atoms with E-state index in [4.69, 9.17) is 5.11 Å². The Balaban J connectivity index is 2.36. The van der Waals surface area contributed by atoms with Gasteiger partial charge in [-0.05, 0) is 43.7 Å². The van der Waals surface area contributed by atoms with Gasteiger partial charge in [-0.1, -0.05) is 31.2 Å². The van der Waals surface area contributed by atoms with Crippen LogP contribution in [0.1, 0.15) is 37.8 Å². The highest BCUT2D eigenvalue weighted by Crippen LogP contribution is 2.09. The van der Waals surface area contributed by atoms with Crippen LogP contribution in [0.3, 0.4) is 0 Å². The number of benzene rings is 1. The lowest BCUT2D eigenvalue weighted by Gasteiger charge is -2.04. The van der Waals surface area contributed by atoms with Gasteiger partial charge in [-0.25, -0.2) is 0 Å². The first kappa shape index (κ1) is 11.3. The molecule has 14 heavy (non-hydrogen) atoms. The largest absolute Gasteiger partial charge is 0.393 e. The first-order valence-electron chi connectivity index (χ1n) is 5.48. The third kappa shape index (κ3) is 3.93. The van der Waals surface area contributed by atoms with E-state index in [-0.39, 0.29) is 6.10 Å². The summed E-state index contributed by atoms with van der Waals surface area (Å²) in [6.45, 7) is 4.02. The smallest absolute Gasteiger partial charge is 0.0512 e. The van der Waals surface area contributed by atoms with Crippen LogP contribution in [0.25, 0.3) is 0 Å². The molecule has 78 valence electrons. The molecule has 0 aliphatic carbocycles. The zero-order chi connectivity index (χ0) is 10.4. The molecule has 0 aliphatic rings. The molecule has 0 spiro atoms. The minimum absolute atomic E-state index is 0.162. The number of hydrogen-bond donors (Lipinski definition) is 1. The monoisotopic (exact) mass is 192 g/mol. The third-order valence-electron chi connectivity index (χ3n) is 2.52. The predicted octanol–water partition coefficient (Wildman–Crippen LogP) is 2.95. The quantitative estimate of drug-likeness (QED) is 0.760. The van der Waals surface area contributed by atoms with Crippen molar-refractivity contribution in [2.45, 2.75) is 45.6 Å². The summed E-state index contributed by atoms with van der Waals surface area (Å²) in [6.07, 6.45) is 3.99. The SMILES string of the molecule is CCc1ccc(CCCC(C)O)cc1. The van der Waals surface area contributed by atoms with Crippen LogP contribution < -0.4 is 0 Å². The second-order valence-corrected chi connectivity index (χ2v) is 3.91. The molecule has 0 saturated heterocycles. The van der Waals surface area contributed by atoms with Gasteiger partial charge in [0.1, 0.15) is 0 Å². The highest BCUT2D eigenvalue weighted by atomic mass is 16.3. The molecule has 1 rings (SSSR count). The molecule has 1 nitrogen and oxygen atoms in total. The lowest BCUT2D eigenvalue weighted by Crippen LogP contribution is -1.99. The van der Waals surface area contributed by atoms with Crippen molar-refractivity contribution in [3.05, 3.63) is 35.4 Å². The lowest BCUT2D eigenvalue weighted by atomic mass is 10.0.